The maximum Gasteiger partial charge on any atom is 0.221 e. The molecule has 0 aliphatic carbocycles. The second-order valence-electron chi connectivity index (χ2n) is 7.30. The molecule has 2 aliphatic heterocycles. The molecule has 1 fully saturated rings. The predicted octanol–water partition coefficient (Wildman–Crippen LogP) is 2.67. The SMILES string of the molecule is C=C/C(C)=C/C1(C)SC(=O)C(C)=C1OCCCNC(=O)CCN1CCOCC1. The molecule has 1 atom stereocenters. The number of hydrogen-bond donors (Lipinski definition) is 1. The molecule has 7 heteroatoms. The molecule has 0 bridgehead atoms. The van der Waals surface area contributed by atoms with Gasteiger partial charge in [-0.25, -0.2) is 0 Å². The van der Waals surface area contributed by atoms with Crippen molar-refractivity contribution in [2.24, 2.45) is 0 Å². The first-order valence-corrected chi connectivity index (χ1v) is 10.6. The highest BCUT2D eigenvalue weighted by atomic mass is 32.2. The second kappa shape index (κ2) is 10.8. The molecular weight excluding hydrogens is 376 g/mol. The Labute approximate surface area is 172 Å². The van der Waals surface area contributed by atoms with Crippen LogP contribution >= 0.6 is 11.8 Å². The van der Waals surface area contributed by atoms with E-state index in [2.05, 4.69) is 16.8 Å². The predicted molar refractivity (Wildman–Crippen MR) is 113 cm³/mol. The summed E-state index contributed by atoms with van der Waals surface area (Å²) in [5, 5.41) is 2.98. The van der Waals surface area contributed by atoms with Gasteiger partial charge in [0.2, 0.25) is 11.0 Å². The Kier molecular flexibility index (Phi) is 8.79. The Balaban J connectivity index is 1.72. The van der Waals surface area contributed by atoms with Crippen LogP contribution in [0.15, 0.2) is 35.6 Å². The Morgan fingerprint density at radius 1 is 1.43 bits per heavy atom. The first-order valence-electron chi connectivity index (χ1n) is 9.82. The number of hydrogen-bond acceptors (Lipinski definition) is 6. The highest BCUT2D eigenvalue weighted by molar-refractivity contribution is 8.16. The van der Waals surface area contributed by atoms with Gasteiger partial charge in [-0.15, -0.1) is 0 Å². The van der Waals surface area contributed by atoms with Crippen LogP contribution in [0, 0.1) is 0 Å². The average Bonchev–Trinajstić information content (AvgIpc) is 2.89. The fourth-order valence-corrected chi connectivity index (χ4v) is 4.45. The number of amides is 1. The van der Waals surface area contributed by atoms with Crippen LogP contribution in [0.4, 0.5) is 0 Å². The molecule has 156 valence electrons. The van der Waals surface area contributed by atoms with Crippen molar-refractivity contribution < 1.29 is 19.1 Å². The second-order valence-corrected chi connectivity index (χ2v) is 8.72. The third-order valence-corrected chi connectivity index (χ3v) is 6.09. The Morgan fingerprint density at radius 3 is 2.82 bits per heavy atom. The topological polar surface area (TPSA) is 67.9 Å². The largest absolute Gasteiger partial charge is 0.496 e. The van der Waals surface area contributed by atoms with Crippen molar-refractivity contribution in [1.29, 1.82) is 0 Å². The van der Waals surface area contributed by atoms with Crippen LogP contribution in [-0.2, 0) is 19.1 Å². The highest BCUT2D eigenvalue weighted by Crippen LogP contribution is 2.45. The van der Waals surface area contributed by atoms with E-state index in [1.54, 1.807) is 13.0 Å². The minimum atomic E-state index is -0.499. The van der Waals surface area contributed by atoms with E-state index in [0.717, 1.165) is 38.4 Å². The van der Waals surface area contributed by atoms with Crippen LogP contribution in [0.2, 0.25) is 0 Å². The van der Waals surface area contributed by atoms with E-state index >= 15 is 0 Å². The summed E-state index contributed by atoms with van der Waals surface area (Å²) in [6.07, 6.45) is 4.98. The molecule has 2 heterocycles. The Bertz CT molecular complexity index is 653. The Hall–Kier alpha value is -1.57. The van der Waals surface area contributed by atoms with Crippen molar-refractivity contribution >= 4 is 22.8 Å². The zero-order valence-corrected chi connectivity index (χ0v) is 18.0. The number of morpholine rings is 1. The summed E-state index contributed by atoms with van der Waals surface area (Å²) in [5.74, 6) is 0.769. The monoisotopic (exact) mass is 408 g/mol. The molecule has 2 rings (SSSR count). The van der Waals surface area contributed by atoms with Gasteiger partial charge in [-0.2, -0.15) is 0 Å². The lowest BCUT2D eigenvalue weighted by Gasteiger charge is -2.26. The van der Waals surface area contributed by atoms with Gasteiger partial charge in [-0.1, -0.05) is 36.1 Å². The fourth-order valence-electron chi connectivity index (χ4n) is 3.27. The third-order valence-electron chi connectivity index (χ3n) is 4.88. The standard InChI is InChI=1S/C21H32N2O4S/c1-5-16(2)15-21(4)19(17(3)20(25)28-21)27-12-6-8-22-18(24)7-9-23-10-13-26-14-11-23/h5,15H,1,6-14H2,2-4H3,(H,22,24)/b16-15+. The number of carbonyl (C=O) groups excluding carboxylic acids is 2. The lowest BCUT2D eigenvalue weighted by molar-refractivity contribution is -0.121. The number of allylic oxidation sites excluding steroid dienone is 2. The van der Waals surface area contributed by atoms with E-state index in [-0.39, 0.29) is 11.0 Å². The van der Waals surface area contributed by atoms with Crippen LogP contribution in [0.1, 0.15) is 33.6 Å². The van der Waals surface area contributed by atoms with Gasteiger partial charge in [0.1, 0.15) is 5.76 Å². The van der Waals surface area contributed by atoms with Gasteiger partial charge in [0.05, 0.1) is 24.6 Å². The van der Waals surface area contributed by atoms with Gasteiger partial charge in [0, 0.05) is 38.2 Å². The normalized spacial score (nSPS) is 23.8. The lowest BCUT2D eigenvalue weighted by Crippen LogP contribution is -2.39. The molecule has 0 aromatic rings. The summed E-state index contributed by atoms with van der Waals surface area (Å²) in [4.78, 5) is 26.4. The van der Waals surface area contributed by atoms with Gasteiger partial charge >= 0.3 is 0 Å². The Morgan fingerprint density at radius 2 is 2.14 bits per heavy atom. The molecule has 0 aromatic carbocycles. The summed E-state index contributed by atoms with van der Waals surface area (Å²) in [7, 11) is 0. The van der Waals surface area contributed by atoms with Crippen molar-refractivity contribution in [2.75, 3.05) is 46.0 Å². The molecule has 0 saturated carbocycles. The first kappa shape index (κ1) is 22.7. The van der Waals surface area contributed by atoms with Crippen LogP contribution in [-0.4, -0.2) is 66.7 Å². The molecule has 6 nitrogen and oxygen atoms in total. The zero-order chi connectivity index (χ0) is 20.6. The van der Waals surface area contributed by atoms with Crippen LogP contribution in [0.5, 0.6) is 0 Å². The summed E-state index contributed by atoms with van der Waals surface area (Å²) < 4.78 is 10.8. The molecule has 28 heavy (non-hydrogen) atoms. The minimum absolute atomic E-state index is 0.0435. The molecule has 0 radical (unpaired) electrons. The van der Waals surface area contributed by atoms with E-state index < -0.39 is 4.75 Å². The van der Waals surface area contributed by atoms with E-state index in [4.69, 9.17) is 9.47 Å². The van der Waals surface area contributed by atoms with Gasteiger partial charge in [-0.05, 0) is 27.2 Å². The molecule has 2 aliphatic rings. The highest BCUT2D eigenvalue weighted by Gasteiger charge is 2.41. The number of rotatable bonds is 10. The lowest BCUT2D eigenvalue weighted by atomic mass is 10.0. The van der Waals surface area contributed by atoms with Crippen LogP contribution in [0.3, 0.4) is 0 Å². The molecule has 1 saturated heterocycles. The van der Waals surface area contributed by atoms with Crippen molar-refractivity contribution in [2.45, 2.75) is 38.4 Å². The zero-order valence-electron chi connectivity index (χ0n) is 17.2. The fraction of sp³-hybridized carbons (Fsp3) is 0.619. The van der Waals surface area contributed by atoms with Gasteiger partial charge < -0.3 is 14.8 Å². The van der Waals surface area contributed by atoms with Gasteiger partial charge in [-0.3, -0.25) is 14.5 Å². The maximum atomic E-state index is 12.2. The molecule has 1 unspecified atom stereocenters. The number of nitrogens with zero attached hydrogens (tertiary/aromatic N) is 1. The molecule has 1 N–H and O–H groups in total. The number of carbonyl (C=O) groups is 2. The number of nitrogens with one attached hydrogen (secondary N) is 1. The molecule has 0 spiro atoms. The average molecular weight is 409 g/mol. The van der Waals surface area contributed by atoms with Crippen molar-refractivity contribution in [3.8, 4) is 0 Å². The third kappa shape index (κ3) is 6.50. The minimum Gasteiger partial charge on any atom is -0.496 e. The number of ether oxygens (including phenoxy) is 2. The van der Waals surface area contributed by atoms with E-state index in [9.17, 15) is 9.59 Å². The van der Waals surface area contributed by atoms with E-state index in [1.807, 2.05) is 19.9 Å². The summed E-state index contributed by atoms with van der Waals surface area (Å²) in [6.45, 7) is 14.6. The number of thioether (sulfide) groups is 1. The molecule has 0 aromatic heterocycles. The smallest absolute Gasteiger partial charge is 0.221 e. The van der Waals surface area contributed by atoms with Crippen molar-refractivity contribution in [3.05, 3.63) is 35.6 Å². The van der Waals surface area contributed by atoms with E-state index in [0.29, 0.717) is 37.3 Å². The summed E-state index contributed by atoms with van der Waals surface area (Å²) >= 11 is 1.27. The molecule has 1 amide bonds. The summed E-state index contributed by atoms with van der Waals surface area (Å²) in [5.41, 5.74) is 1.67. The van der Waals surface area contributed by atoms with Gasteiger partial charge in [0.15, 0.2) is 0 Å². The maximum absolute atomic E-state index is 12.2. The molecular formula is C21H32N2O4S. The van der Waals surface area contributed by atoms with Gasteiger partial charge in [0.25, 0.3) is 0 Å². The van der Waals surface area contributed by atoms with Crippen LogP contribution in [0.25, 0.3) is 0 Å². The van der Waals surface area contributed by atoms with E-state index in [1.165, 1.54) is 11.8 Å². The quantitative estimate of drug-likeness (QED) is 0.443. The van der Waals surface area contributed by atoms with Crippen molar-refractivity contribution in [1.82, 2.24) is 10.2 Å². The van der Waals surface area contributed by atoms with Crippen molar-refractivity contribution in [3.63, 3.8) is 0 Å². The summed E-state index contributed by atoms with van der Waals surface area (Å²) in [6, 6.07) is 0. The van der Waals surface area contributed by atoms with Crippen LogP contribution < -0.4 is 5.32 Å². The first-order chi connectivity index (χ1) is 13.4.